The van der Waals surface area contributed by atoms with Gasteiger partial charge in [0.1, 0.15) is 13.2 Å². The maximum atomic E-state index is 12.9. The molecule has 8 heteroatoms. The van der Waals surface area contributed by atoms with Crippen LogP contribution in [0.2, 0.25) is 0 Å². The van der Waals surface area contributed by atoms with Crippen molar-refractivity contribution in [2.24, 2.45) is 4.99 Å². The van der Waals surface area contributed by atoms with E-state index in [1.165, 1.54) is 0 Å². The van der Waals surface area contributed by atoms with Crippen LogP contribution in [0.5, 0.6) is 5.88 Å². The first kappa shape index (κ1) is 23.0. The van der Waals surface area contributed by atoms with Crippen molar-refractivity contribution in [2.75, 3.05) is 19.8 Å². The van der Waals surface area contributed by atoms with Crippen molar-refractivity contribution in [1.29, 1.82) is 0 Å². The fourth-order valence-corrected chi connectivity index (χ4v) is 3.84. The highest BCUT2D eigenvalue weighted by atomic mass is 16.5. The van der Waals surface area contributed by atoms with Crippen molar-refractivity contribution in [2.45, 2.75) is 18.6 Å². The molecular formula is C26H26N4O4. The Morgan fingerprint density at radius 3 is 2.56 bits per heavy atom. The van der Waals surface area contributed by atoms with Crippen LogP contribution in [0.3, 0.4) is 0 Å². The molecule has 0 saturated carbocycles. The number of allylic oxidation sites excluding steroid dienone is 3. The SMILES string of the molecule is C=CCN1C(=O)C(OCC(=C)COc2nc3ccccc3n(CC=C)c2=O)=NC2C=CC=CC21. The molecule has 8 nitrogen and oxygen atoms in total. The van der Waals surface area contributed by atoms with E-state index in [1.807, 2.05) is 48.6 Å². The van der Waals surface area contributed by atoms with Gasteiger partial charge in [0, 0.05) is 13.1 Å². The van der Waals surface area contributed by atoms with Crippen LogP contribution in [0, 0.1) is 0 Å². The Labute approximate surface area is 197 Å². The van der Waals surface area contributed by atoms with Crippen molar-refractivity contribution in [3.63, 3.8) is 0 Å². The quantitative estimate of drug-likeness (QED) is 0.540. The van der Waals surface area contributed by atoms with Crippen LogP contribution in [0.1, 0.15) is 0 Å². The highest BCUT2D eigenvalue weighted by Gasteiger charge is 2.36. The van der Waals surface area contributed by atoms with Gasteiger partial charge in [-0.3, -0.25) is 14.2 Å². The molecule has 2 unspecified atom stereocenters. The zero-order valence-corrected chi connectivity index (χ0v) is 18.8. The summed E-state index contributed by atoms with van der Waals surface area (Å²) in [6.07, 6.45) is 11.0. The molecule has 0 bridgehead atoms. The summed E-state index contributed by atoms with van der Waals surface area (Å²) in [6, 6.07) is 6.94. The number of ether oxygens (including phenoxy) is 2. The number of hydrogen-bond acceptors (Lipinski definition) is 6. The summed E-state index contributed by atoms with van der Waals surface area (Å²) in [5, 5.41) is 0. The first-order chi connectivity index (χ1) is 16.5. The minimum atomic E-state index is -0.359. The number of hydrogen-bond donors (Lipinski definition) is 0. The molecule has 174 valence electrons. The Morgan fingerprint density at radius 2 is 1.76 bits per heavy atom. The minimum Gasteiger partial charge on any atom is -0.469 e. The number of fused-ring (bicyclic) bond motifs is 2. The average Bonchev–Trinajstić information content (AvgIpc) is 2.85. The molecule has 0 radical (unpaired) electrons. The molecule has 2 heterocycles. The second-order valence-corrected chi connectivity index (χ2v) is 7.87. The minimum absolute atomic E-state index is 0.00120. The Kier molecular flexibility index (Phi) is 6.87. The molecule has 0 N–H and O–H groups in total. The third-order valence-corrected chi connectivity index (χ3v) is 5.43. The lowest BCUT2D eigenvalue weighted by Crippen LogP contribution is -2.53. The molecule has 4 rings (SSSR count). The molecular weight excluding hydrogens is 432 g/mol. The summed E-state index contributed by atoms with van der Waals surface area (Å²) in [5.41, 5.74) is 1.50. The van der Waals surface area contributed by atoms with E-state index in [-0.39, 0.29) is 48.5 Å². The monoisotopic (exact) mass is 458 g/mol. The number of aromatic nitrogens is 2. The summed E-state index contributed by atoms with van der Waals surface area (Å²) in [6.45, 7) is 12.1. The molecule has 1 amide bonds. The molecule has 1 aliphatic carbocycles. The van der Waals surface area contributed by atoms with E-state index >= 15 is 0 Å². The molecule has 0 fully saturated rings. The van der Waals surface area contributed by atoms with Gasteiger partial charge < -0.3 is 14.4 Å². The number of carbonyl (C=O) groups is 1. The van der Waals surface area contributed by atoms with Crippen LogP contribution < -0.4 is 10.3 Å². The zero-order valence-electron chi connectivity index (χ0n) is 18.8. The van der Waals surface area contributed by atoms with Crippen molar-refractivity contribution in [1.82, 2.24) is 14.5 Å². The van der Waals surface area contributed by atoms with Gasteiger partial charge in [0.2, 0.25) is 0 Å². The molecule has 1 aromatic carbocycles. The van der Waals surface area contributed by atoms with E-state index in [4.69, 9.17) is 9.47 Å². The summed E-state index contributed by atoms with van der Waals surface area (Å²) < 4.78 is 12.9. The Morgan fingerprint density at radius 1 is 1.03 bits per heavy atom. The lowest BCUT2D eigenvalue weighted by Gasteiger charge is -2.36. The average molecular weight is 459 g/mol. The molecule has 1 aliphatic heterocycles. The standard InChI is InChI=1S/C26H26N4O4/c1-4-14-29-21-12-8-6-10-19(21)27-23(25(29)31)33-16-18(3)17-34-24-26(32)30(15-5-2)22-13-9-7-11-20(22)28-24/h4-13,19,21H,1-3,14-17H2. The van der Waals surface area contributed by atoms with Gasteiger partial charge in [-0.05, 0) is 17.7 Å². The highest BCUT2D eigenvalue weighted by Crippen LogP contribution is 2.21. The highest BCUT2D eigenvalue weighted by molar-refractivity contribution is 6.35. The number of carbonyl (C=O) groups excluding carboxylic acids is 1. The predicted octanol–water partition coefficient (Wildman–Crippen LogP) is 2.82. The lowest BCUT2D eigenvalue weighted by atomic mass is 9.99. The van der Waals surface area contributed by atoms with Crippen LogP contribution in [-0.2, 0) is 16.1 Å². The number of nitrogens with zero attached hydrogens (tertiary/aromatic N) is 4. The Balaban J connectivity index is 1.43. The molecule has 34 heavy (non-hydrogen) atoms. The fourth-order valence-electron chi connectivity index (χ4n) is 3.84. The number of para-hydroxylation sites is 2. The third-order valence-electron chi connectivity index (χ3n) is 5.43. The van der Waals surface area contributed by atoms with E-state index in [0.29, 0.717) is 29.7 Å². The normalized spacial score (nSPS) is 18.9. The van der Waals surface area contributed by atoms with E-state index in [2.05, 4.69) is 29.7 Å². The lowest BCUT2D eigenvalue weighted by molar-refractivity contribution is -0.127. The van der Waals surface area contributed by atoms with Crippen LogP contribution in [-0.4, -0.2) is 58.1 Å². The van der Waals surface area contributed by atoms with Crippen LogP contribution in [0.15, 0.2) is 95.8 Å². The van der Waals surface area contributed by atoms with Crippen molar-refractivity contribution in [3.05, 3.63) is 96.4 Å². The van der Waals surface area contributed by atoms with Crippen LogP contribution in [0.4, 0.5) is 0 Å². The van der Waals surface area contributed by atoms with Crippen molar-refractivity contribution in [3.8, 4) is 5.88 Å². The fraction of sp³-hybridized carbons (Fsp3) is 0.231. The topological polar surface area (TPSA) is 86.0 Å². The first-order valence-corrected chi connectivity index (χ1v) is 10.9. The largest absolute Gasteiger partial charge is 0.469 e. The summed E-state index contributed by atoms with van der Waals surface area (Å²) in [7, 11) is 0. The molecule has 1 aromatic heterocycles. The summed E-state index contributed by atoms with van der Waals surface area (Å²) >= 11 is 0. The summed E-state index contributed by atoms with van der Waals surface area (Å²) in [5.74, 6) is -0.327. The van der Waals surface area contributed by atoms with Gasteiger partial charge in [0.15, 0.2) is 0 Å². The van der Waals surface area contributed by atoms with Crippen LogP contribution >= 0.6 is 0 Å². The number of rotatable bonds is 9. The Bertz CT molecular complexity index is 1290. The number of aliphatic imine (C=N–C) groups is 1. The van der Waals surface area contributed by atoms with Crippen molar-refractivity contribution >= 4 is 22.8 Å². The molecule has 2 aromatic rings. The van der Waals surface area contributed by atoms with Gasteiger partial charge in [-0.2, -0.15) is 0 Å². The second-order valence-electron chi connectivity index (χ2n) is 7.87. The van der Waals surface area contributed by atoms with E-state index in [1.54, 1.807) is 21.6 Å². The van der Waals surface area contributed by atoms with Gasteiger partial charge in [-0.15, -0.1) is 13.2 Å². The van der Waals surface area contributed by atoms with Gasteiger partial charge in [-0.1, -0.05) is 55.2 Å². The molecule has 0 spiro atoms. The van der Waals surface area contributed by atoms with Gasteiger partial charge in [0.25, 0.3) is 11.8 Å². The zero-order chi connectivity index (χ0) is 24.1. The maximum Gasteiger partial charge on any atom is 0.314 e. The smallest absolute Gasteiger partial charge is 0.314 e. The third kappa shape index (κ3) is 4.61. The molecule has 2 aliphatic rings. The van der Waals surface area contributed by atoms with E-state index in [0.717, 1.165) is 0 Å². The van der Waals surface area contributed by atoms with Crippen LogP contribution in [0.25, 0.3) is 11.0 Å². The Hall–Kier alpha value is -4.20. The second kappa shape index (κ2) is 10.2. The molecule has 0 saturated heterocycles. The van der Waals surface area contributed by atoms with Crippen molar-refractivity contribution < 1.29 is 14.3 Å². The first-order valence-electron chi connectivity index (χ1n) is 10.9. The van der Waals surface area contributed by atoms with E-state index in [9.17, 15) is 9.59 Å². The maximum absolute atomic E-state index is 12.9. The van der Waals surface area contributed by atoms with Gasteiger partial charge >= 0.3 is 11.5 Å². The predicted molar refractivity (Wildman–Crippen MR) is 132 cm³/mol. The van der Waals surface area contributed by atoms with Gasteiger partial charge in [0.05, 0.1) is 23.1 Å². The number of benzene rings is 1. The number of amides is 1. The summed E-state index contributed by atoms with van der Waals surface area (Å²) in [4.78, 5) is 36.2. The molecule has 2 atom stereocenters. The van der Waals surface area contributed by atoms with E-state index < -0.39 is 0 Å². The van der Waals surface area contributed by atoms with Gasteiger partial charge in [-0.25, -0.2) is 9.98 Å².